The molecule has 1 fully saturated rings. The van der Waals surface area contributed by atoms with Crippen molar-refractivity contribution in [3.05, 3.63) is 23.1 Å². The normalized spacial score (nSPS) is 17.0. The van der Waals surface area contributed by atoms with E-state index in [4.69, 9.17) is 23.2 Å². The Morgan fingerprint density at radius 1 is 1.47 bits per heavy atom. The van der Waals surface area contributed by atoms with Gasteiger partial charge in [0.05, 0.1) is 5.02 Å². The van der Waals surface area contributed by atoms with Crippen LogP contribution in [0.5, 0.6) is 0 Å². The van der Waals surface area contributed by atoms with E-state index >= 15 is 0 Å². The zero-order valence-corrected chi connectivity index (χ0v) is 12.5. The van der Waals surface area contributed by atoms with Crippen LogP contribution in [0.25, 0.3) is 11.2 Å². The average molecular weight is 298 g/mol. The summed E-state index contributed by atoms with van der Waals surface area (Å²) in [5.74, 6) is 2.48. The number of fused-ring (bicyclic) bond motifs is 1. The van der Waals surface area contributed by atoms with Gasteiger partial charge >= 0.3 is 0 Å². The van der Waals surface area contributed by atoms with Crippen molar-refractivity contribution in [1.82, 2.24) is 14.5 Å². The topological polar surface area (TPSA) is 30.7 Å². The zero-order chi connectivity index (χ0) is 13.4. The molecule has 0 aliphatic heterocycles. The van der Waals surface area contributed by atoms with E-state index in [0.29, 0.717) is 16.9 Å². The summed E-state index contributed by atoms with van der Waals surface area (Å²) >= 11 is 11.9. The molecule has 0 amide bonds. The van der Waals surface area contributed by atoms with Crippen molar-refractivity contribution in [3.63, 3.8) is 0 Å². The van der Waals surface area contributed by atoms with E-state index in [1.165, 1.54) is 19.3 Å². The number of imidazole rings is 1. The van der Waals surface area contributed by atoms with Gasteiger partial charge in [0, 0.05) is 24.5 Å². The van der Waals surface area contributed by atoms with Crippen molar-refractivity contribution < 1.29 is 0 Å². The molecule has 0 radical (unpaired) electrons. The Kier molecular flexibility index (Phi) is 3.68. The third kappa shape index (κ3) is 2.72. The third-order valence-corrected chi connectivity index (χ3v) is 4.10. The monoisotopic (exact) mass is 297 g/mol. The number of aromatic nitrogens is 3. The maximum atomic E-state index is 5.99. The van der Waals surface area contributed by atoms with Gasteiger partial charge < -0.3 is 4.57 Å². The largest absolute Gasteiger partial charge is 0.310 e. The molecule has 3 rings (SSSR count). The maximum absolute atomic E-state index is 5.99. The van der Waals surface area contributed by atoms with Crippen molar-refractivity contribution in [2.75, 3.05) is 5.88 Å². The summed E-state index contributed by atoms with van der Waals surface area (Å²) < 4.78 is 2.24. The first-order valence-corrected chi connectivity index (χ1v) is 7.68. The molecule has 19 heavy (non-hydrogen) atoms. The molecule has 102 valence electrons. The predicted molar refractivity (Wildman–Crippen MR) is 79.0 cm³/mol. The van der Waals surface area contributed by atoms with Gasteiger partial charge in [-0.2, -0.15) is 0 Å². The van der Waals surface area contributed by atoms with Crippen LogP contribution in [0.4, 0.5) is 0 Å². The number of hydrogen-bond acceptors (Lipinski definition) is 2. The quantitative estimate of drug-likeness (QED) is 0.773. The molecule has 1 aliphatic carbocycles. The molecular formula is C14H17Cl2N3. The summed E-state index contributed by atoms with van der Waals surface area (Å²) in [6, 6.07) is 2.30. The highest BCUT2D eigenvalue weighted by Gasteiger charge is 2.26. The summed E-state index contributed by atoms with van der Waals surface area (Å²) in [5, 5.41) is 0.629. The van der Waals surface area contributed by atoms with Crippen LogP contribution in [0.15, 0.2) is 12.3 Å². The molecule has 1 atom stereocenters. The molecule has 0 bridgehead atoms. The van der Waals surface area contributed by atoms with E-state index < -0.39 is 0 Å². The lowest BCUT2D eigenvalue weighted by Crippen LogP contribution is -2.11. The molecule has 5 heteroatoms. The number of hydrogen-bond donors (Lipinski definition) is 0. The van der Waals surface area contributed by atoms with Crippen molar-refractivity contribution in [3.8, 4) is 0 Å². The van der Waals surface area contributed by atoms with Gasteiger partial charge in [-0.05, 0) is 25.3 Å². The average Bonchev–Trinajstić information content (AvgIpc) is 3.09. The second-order valence-electron chi connectivity index (χ2n) is 5.36. The van der Waals surface area contributed by atoms with Crippen LogP contribution in [-0.2, 0) is 6.42 Å². The highest BCUT2D eigenvalue weighted by molar-refractivity contribution is 6.31. The fourth-order valence-electron chi connectivity index (χ4n) is 2.67. The standard InChI is InChI=1S/C14H17Cl2N3/c1-9(6-10-2-3-10)19-13(4-5-15)18-12-7-11(16)8-17-14(12)19/h7-10H,2-6H2,1H3. The molecule has 0 aromatic carbocycles. The van der Waals surface area contributed by atoms with E-state index in [0.717, 1.165) is 29.3 Å². The van der Waals surface area contributed by atoms with Crippen molar-refractivity contribution in [1.29, 1.82) is 0 Å². The van der Waals surface area contributed by atoms with Crippen molar-refractivity contribution in [2.45, 2.75) is 38.6 Å². The molecule has 2 aromatic heterocycles. The second kappa shape index (κ2) is 5.29. The van der Waals surface area contributed by atoms with E-state index in [2.05, 4.69) is 21.5 Å². The minimum atomic E-state index is 0.421. The van der Waals surface area contributed by atoms with Crippen LogP contribution in [0.2, 0.25) is 5.02 Å². The van der Waals surface area contributed by atoms with Crippen LogP contribution < -0.4 is 0 Å². The SMILES string of the molecule is CC(CC1CC1)n1c(CCCl)nc2cc(Cl)cnc21. The fourth-order valence-corrected chi connectivity index (χ4v) is 2.99. The maximum Gasteiger partial charge on any atom is 0.160 e. The fraction of sp³-hybridized carbons (Fsp3) is 0.571. The Morgan fingerprint density at radius 2 is 2.26 bits per heavy atom. The molecule has 1 unspecified atom stereocenters. The smallest absolute Gasteiger partial charge is 0.160 e. The van der Waals surface area contributed by atoms with Gasteiger partial charge in [-0.15, -0.1) is 11.6 Å². The molecule has 1 saturated carbocycles. The first-order chi connectivity index (χ1) is 9.19. The summed E-state index contributed by atoms with van der Waals surface area (Å²) in [4.78, 5) is 9.10. The van der Waals surface area contributed by atoms with Gasteiger partial charge in [0.1, 0.15) is 11.3 Å². The molecule has 1 aliphatic rings. The molecule has 0 saturated heterocycles. The molecule has 0 N–H and O–H groups in total. The minimum absolute atomic E-state index is 0.421. The summed E-state index contributed by atoms with van der Waals surface area (Å²) in [7, 11) is 0. The Labute approximate surface area is 122 Å². The first-order valence-electron chi connectivity index (χ1n) is 6.77. The molecule has 2 heterocycles. The van der Waals surface area contributed by atoms with Crippen LogP contribution >= 0.6 is 23.2 Å². The number of nitrogens with zero attached hydrogens (tertiary/aromatic N) is 3. The zero-order valence-electron chi connectivity index (χ0n) is 10.9. The van der Waals surface area contributed by atoms with Crippen molar-refractivity contribution in [2.24, 2.45) is 5.92 Å². The Balaban J connectivity index is 2.04. The Morgan fingerprint density at radius 3 is 2.95 bits per heavy atom. The van der Waals surface area contributed by atoms with Crippen LogP contribution in [0, 0.1) is 5.92 Å². The lowest BCUT2D eigenvalue weighted by atomic mass is 10.1. The number of halogens is 2. The number of alkyl halides is 1. The molecule has 2 aromatic rings. The van der Waals surface area contributed by atoms with Gasteiger partial charge in [-0.1, -0.05) is 24.4 Å². The molecular weight excluding hydrogens is 281 g/mol. The van der Waals surface area contributed by atoms with Gasteiger partial charge in [-0.25, -0.2) is 9.97 Å². The summed E-state index contributed by atoms with van der Waals surface area (Å²) in [6.07, 6.45) is 6.38. The van der Waals surface area contributed by atoms with Gasteiger partial charge in [0.2, 0.25) is 0 Å². The third-order valence-electron chi connectivity index (χ3n) is 3.70. The summed E-state index contributed by atoms with van der Waals surface area (Å²) in [5.41, 5.74) is 1.80. The second-order valence-corrected chi connectivity index (χ2v) is 6.18. The number of pyridine rings is 1. The van der Waals surface area contributed by atoms with E-state index in [1.807, 2.05) is 6.07 Å². The number of aryl methyl sites for hydroxylation is 1. The van der Waals surface area contributed by atoms with E-state index in [9.17, 15) is 0 Å². The highest BCUT2D eigenvalue weighted by atomic mass is 35.5. The lowest BCUT2D eigenvalue weighted by molar-refractivity contribution is 0.471. The number of rotatable bonds is 5. The first kappa shape index (κ1) is 13.2. The Bertz CT molecular complexity index is 590. The van der Waals surface area contributed by atoms with Gasteiger partial charge in [-0.3, -0.25) is 0 Å². The van der Waals surface area contributed by atoms with Crippen molar-refractivity contribution >= 4 is 34.4 Å². The van der Waals surface area contributed by atoms with Crippen LogP contribution in [-0.4, -0.2) is 20.4 Å². The predicted octanol–water partition coefficient (Wildman–Crippen LogP) is 4.23. The minimum Gasteiger partial charge on any atom is -0.310 e. The highest BCUT2D eigenvalue weighted by Crippen LogP contribution is 2.38. The van der Waals surface area contributed by atoms with Gasteiger partial charge in [0.15, 0.2) is 5.65 Å². The molecule has 3 nitrogen and oxygen atoms in total. The van der Waals surface area contributed by atoms with Gasteiger partial charge in [0.25, 0.3) is 0 Å². The van der Waals surface area contributed by atoms with Crippen LogP contribution in [0.1, 0.15) is 38.1 Å². The molecule has 0 spiro atoms. The van der Waals surface area contributed by atoms with E-state index in [-0.39, 0.29) is 0 Å². The summed E-state index contributed by atoms with van der Waals surface area (Å²) in [6.45, 7) is 2.24. The Hall–Kier alpha value is -0.800. The van der Waals surface area contributed by atoms with Crippen LogP contribution in [0.3, 0.4) is 0 Å². The lowest BCUT2D eigenvalue weighted by Gasteiger charge is -2.16. The van der Waals surface area contributed by atoms with E-state index in [1.54, 1.807) is 6.20 Å².